The summed E-state index contributed by atoms with van der Waals surface area (Å²) in [7, 11) is 0. The number of aromatic nitrogens is 4. The molecule has 0 saturated heterocycles. The molecular formula is C22H28N4O2S. The number of thioether (sulfide) groups is 1. The summed E-state index contributed by atoms with van der Waals surface area (Å²) in [5.74, 6) is 0.552. The van der Waals surface area contributed by atoms with Gasteiger partial charge in [0.25, 0.3) is 5.56 Å². The number of carbonyl (C=O) groups excluding carboxylic acids is 1. The van der Waals surface area contributed by atoms with Gasteiger partial charge in [0.1, 0.15) is 0 Å². The maximum absolute atomic E-state index is 13.0. The van der Waals surface area contributed by atoms with Gasteiger partial charge in [0.15, 0.2) is 16.6 Å². The molecule has 0 aliphatic heterocycles. The van der Waals surface area contributed by atoms with Crippen LogP contribution in [0.15, 0.2) is 34.3 Å². The highest BCUT2D eigenvalue weighted by Crippen LogP contribution is 2.24. The standard InChI is InChI=1S/C22H28N4O2S/c1-13(2)11-25-21(28)17-8-7-9-23-20(17)24-22(25)29-12-19(27)18-10-15(5)26(14(3)4)16(18)6/h7-10,13-14H,11-12H2,1-6H3. The Bertz CT molecular complexity index is 1110. The van der Waals surface area contributed by atoms with E-state index in [4.69, 9.17) is 0 Å². The van der Waals surface area contributed by atoms with Gasteiger partial charge in [-0.3, -0.25) is 14.2 Å². The number of pyridine rings is 1. The molecule has 0 N–H and O–H groups in total. The summed E-state index contributed by atoms with van der Waals surface area (Å²) in [5.41, 5.74) is 3.11. The average Bonchev–Trinajstić information content (AvgIpc) is 2.96. The normalized spacial score (nSPS) is 11.7. The van der Waals surface area contributed by atoms with Crippen LogP contribution in [0.2, 0.25) is 0 Å². The second-order valence-electron chi connectivity index (χ2n) is 8.04. The number of rotatable bonds is 7. The Balaban J connectivity index is 1.93. The highest BCUT2D eigenvalue weighted by Gasteiger charge is 2.19. The number of Topliss-reactive ketones (excluding diaryl/α,β-unsaturated/α-hetero) is 1. The maximum Gasteiger partial charge on any atom is 0.263 e. The third-order valence-electron chi connectivity index (χ3n) is 4.88. The van der Waals surface area contributed by atoms with Gasteiger partial charge in [-0.15, -0.1) is 0 Å². The fourth-order valence-electron chi connectivity index (χ4n) is 3.73. The van der Waals surface area contributed by atoms with Crippen molar-refractivity contribution in [2.75, 3.05) is 5.75 Å². The molecule has 0 spiro atoms. The molecule has 0 aliphatic carbocycles. The molecule has 0 atom stereocenters. The van der Waals surface area contributed by atoms with Crippen molar-refractivity contribution < 1.29 is 4.79 Å². The Morgan fingerprint density at radius 3 is 2.55 bits per heavy atom. The van der Waals surface area contributed by atoms with Gasteiger partial charge >= 0.3 is 0 Å². The van der Waals surface area contributed by atoms with Gasteiger partial charge in [0.2, 0.25) is 0 Å². The third kappa shape index (κ3) is 4.29. The van der Waals surface area contributed by atoms with Gasteiger partial charge in [0.05, 0.1) is 11.1 Å². The first-order valence-corrected chi connectivity index (χ1v) is 10.9. The number of fused-ring (bicyclic) bond motifs is 1. The van der Waals surface area contributed by atoms with Crippen LogP contribution in [0.1, 0.15) is 55.5 Å². The van der Waals surface area contributed by atoms with Crippen LogP contribution in [0.5, 0.6) is 0 Å². The number of ketones is 1. The van der Waals surface area contributed by atoms with E-state index in [1.807, 2.05) is 19.9 Å². The summed E-state index contributed by atoms with van der Waals surface area (Å²) >= 11 is 1.31. The molecule has 29 heavy (non-hydrogen) atoms. The van der Waals surface area contributed by atoms with Crippen LogP contribution in [0.4, 0.5) is 0 Å². The Morgan fingerprint density at radius 2 is 1.93 bits per heavy atom. The first kappa shape index (κ1) is 21.3. The Morgan fingerprint density at radius 1 is 1.21 bits per heavy atom. The molecule has 6 nitrogen and oxygen atoms in total. The van der Waals surface area contributed by atoms with Crippen molar-refractivity contribution in [3.63, 3.8) is 0 Å². The smallest absolute Gasteiger partial charge is 0.263 e. The molecule has 0 saturated carbocycles. The molecule has 0 radical (unpaired) electrons. The molecule has 3 aromatic rings. The van der Waals surface area contributed by atoms with E-state index < -0.39 is 0 Å². The van der Waals surface area contributed by atoms with Crippen LogP contribution >= 0.6 is 11.8 Å². The third-order valence-corrected chi connectivity index (χ3v) is 5.85. The van der Waals surface area contributed by atoms with Crippen molar-refractivity contribution in [3.8, 4) is 0 Å². The van der Waals surface area contributed by atoms with Gasteiger partial charge in [-0.2, -0.15) is 0 Å². The minimum Gasteiger partial charge on any atom is -0.346 e. The number of carbonyl (C=O) groups is 1. The van der Waals surface area contributed by atoms with E-state index in [0.29, 0.717) is 28.8 Å². The zero-order chi connectivity index (χ0) is 21.3. The minimum absolute atomic E-state index is 0.0430. The molecule has 0 aromatic carbocycles. The SMILES string of the molecule is Cc1cc(C(=O)CSc2nc3ncccc3c(=O)n2CC(C)C)c(C)n1C(C)C. The zero-order valence-corrected chi connectivity index (χ0v) is 18.7. The summed E-state index contributed by atoms with van der Waals surface area (Å²) in [5, 5.41) is 1.05. The predicted molar refractivity (Wildman–Crippen MR) is 118 cm³/mol. The summed E-state index contributed by atoms with van der Waals surface area (Å²) < 4.78 is 3.84. The summed E-state index contributed by atoms with van der Waals surface area (Å²) in [6.07, 6.45) is 1.63. The van der Waals surface area contributed by atoms with Crippen molar-refractivity contribution in [2.45, 2.75) is 59.3 Å². The fraction of sp³-hybridized carbons (Fsp3) is 0.455. The molecule has 0 fully saturated rings. The van der Waals surface area contributed by atoms with Crippen LogP contribution in [-0.4, -0.2) is 30.6 Å². The van der Waals surface area contributed by atoms with Crippen LogP contribution in [0.3, 0.4) is 0 Å². The van der Waals surface area contributed by atoms with Crippen molar-refractivity contribution >= 4 is 28.6 Å². The van der Waals surface area contributed by atoms with Gasteiger partial charge in [-0.05, 0) is 51.8 Å². The van der Waals surface area contributed by atoms with Crippen LogP contribution in [0, 0.1) is 19.8 Å². The highest BCUT2D eigenvalue weighted by molar-refractivity contribution is 7.99. The molecule has 7 heteroatoms. The van der Waals surface area contributed by atoms with Gasteiger partial charge in [-0.1, -0.05) is 25.6 Å². The molecule has 3 rings (SSSR count). The lowest BCUT2D eigenvalue weighted by Gasteiger charge is -2.15. The molecule has 0 unspecified atom stereocenters. The van der Waals surface area contributed by atoms with Crippen LogP contribution < -0.4 is 5.56 Å². The molecule has 0 aliphatic rings. The predicted octanol–water partition coefficient (Wildman–Crippen LogP) is 4.42. The number of hydrogen-bond donors (Lipinski definition) is 0. The molecule has 3 heterocycles. The lowest BCUT2D eigenvalue weighted by molar-refractivity contribution is 0.102. The Labute approximate surface area is 175 Å². The van der Waals surface area contributed by atoms with Crippen molar-refractivity contribution in [3.05, 3.63) is 51.7 Å². The fourth-order valence-corrected chi connectivity index (χ4v) is 4.61. The number of aryl methyl sites for hydroxylation is 1. The van der Waals surface area contributed by atoms with Crippen molar-refractivity contribution in [1.82, 2.24) is 19.1 Å². The summed E-state index contributed by atoms with van der Waals surface area (Å²) in [6, 6.07) is 5.74. The van der Waals surface area contributed by atoms with E-state index in [1.54, 1.807) is 22.9 Å². The Kier molecular flexibility index (Phi) is 6.27. The van der Waals surface area contributed by atoms with Crippen LogP contribution in [-0.2, 0) is 6.54 Å². The van der Waals surface area contributed by atoms with Gasteiger partial charge < -0.3 is 4.57 Å². The van der Waals surface area contributed by atoms with Gasteiger partial charge in [-0.25, -0.2) is 9.97 Å². The van der Waals surface area contributed by atoms with E-state index in [9.17, 15) is 9.59 Å². The lowest BCUT2D eigenvalue weighted by Crippen LogP contribution is -2.26. The zero-order valence-electron chi connectivity index (χ0n) is 17.9. The largest absolute Gasteiger partial charge is 0.346 e. The highest BCUT2D eigenvalue weighted by atomic mass is 32.2. The van der Waals surface area contributed by atoms with E-state index >= 15 is 0 Å². The minimum atomic E-state index is -0.107. The van der Waals surface area contributed by atoms with E-state index in [1.165, 1.54) is 11.8 Å². The number of hydrogen-bond acceptors (Lipinski definition) is 5. The van der Waals surface area contributed by atoms with Crippen LogP contribution in [0.25, 0.3) is 11.0 Å². The second kappa shape index (κ2) is 8.53. The topological polar surface area (TPSA) is 69.8 Å². The second-order valence-corrected chi connectivity index (χ2v) is 8.98. The quantitative estimate of drug-likeness (QED) is 0.326. The Hall–Kier alpha value is -2.41. The molecular weight excluding hydrogens is 384 g/mol. The average molecular weight is 413 g/mol. The van der Waals surface area contributed by atoms with E-state index in [0.717, 1.165) is 17.0 Å². The van der Waals surface area contributed by atoms with Crippen molar-refractivity contribution in [1.29, 1.82) is 0 Å². The van der Waals surface area contributed by atoms with E-state index in [-0.39, 0.29) is 23.0 Å². The van der Waals surface area contributed by atoms with E-state index in [2.05, 4.69) is 42.2 Å². The van der Waals surface area contributed by atoms with Gasteiger partial charge in [0, 0.05) is 35.7 Å². The molecule has 0 bridgehead atoms. The maximum atomic E-state index is 13.0. The van der Waals surface area contributed by atoms with Crippen molar-refractivity contribution in [2.24, 2.45) is 5.92 Å². The monoisotopic (exact) mass is 412 g/mol. The number of nitrogens with zero attached hydrogens (tertiary/aromatic N) is 4. The molecule has 3 aromatic heterocycles. The first-order valence-electron chi connectivity index (χ1n) is 9.90. The summed E-state index contributed by atoms with van der Waals surface area (Å²) in [4.78, 5) is 34.7. The summed E-state index contributed by atoms with van der Waals surface area (Å²) in [6.45, 7) is 12.9. The molecule has 154 valence electrons. The first-order chi connectivity index (χ1) is 13.7. The molecule has 0 amide bonds. The lowest BCUT2D eigenvalue weighted by atomic mass is 10.2.